The van der Waals surface area contributed by atoms with Crippen LogP contribution in [0, 0.1) is 11.8 Å². The second-order valence-corrected chi connectivity index (χ2v) is 6.67. The maximum atomic E-state index is 4.77. The Kier molecular flexibility index (Phi) is 2.66. The van der Waals surface area contributed by atoms with Gasteiger partial charge in [0.25, 0.3) is 0 Å². The van der Waals surface area contributed by atoms with E-state index < -0.39 is 0 Å². The van der Waals surface area contributed by atoms with E-state index in [2.05, 4.69) is 10.2 Å². The Labute approximate surface area is 109 Å². The van der Waals surface area contributed by atoms with Crippen LogP contribution in [0.1, 0.15) is 81.3 Å². The van der Waals surface area contributed by atoms with Gasteiger partial charge in [-0.15, -0.1) is 0 Å². The summed E-state index contributed by atoms with van der Waals surface area (Å²) in [6.45, 7) is 0. The molecule has 0 saturated heterocycles. The Hall–Kier alpha value is -0.860. The van der Waals surface area contributed by atoms with Gasteiger partial charge in [-0.3, -0.25) is 5.10 Å². The maximum Gasteiger partial charge on any atom is 0.153 e. The van der Waals surface area contributed by atoms with Gasteiger partial charge in [-0.2, -0.15) is 5.10 Å². The molecule has 3 nitrogen and oxygen atoms in total. The smallest absolute Gasteiger partial charge is 0.153 e. The molecule has 0 radical (unpaired) electrons. The average molecular weight is 245 g/mol. The van der Waals surface area contributed by atoms with Gasteiger partial charge in [0, 0.05) is 11.8 Å². The summed E-state index contributed by atoms with van der Waals surface area (Å²) in [6.07, 6.45) is 12.6. The molecule has 3 heteroatoms. The predicted octanol–water partition coefficient (Wildman–Crippen LogP) is 3.76. The Bertz CT molecular complexity index is 421. The second kappa shape index (κ2) is 4.36. The third-order valence-electron chi connectivity index (χ3n) is 5.39. The SMILES string of the molecule is C1CCC2CC(c3n[nH]c(C4CC4)n3)CCC2C1. The van der Waals surface area contributed by atoms with Crippen LogP contribution in [0.25, 0.3) is 0 Å². The standard InChI is InChI=1S/C15H23N3/c1-2-4-12-9-13(8-5-10(12)3-1)15-16-14(17-18-15)11-6-7-11/h10-13H,1-9H2,(H,16,17,18). The number of rotatable bonds is 2. The molecule has 1 N–H and O–H groups in total. The highest BCUT2D eigenvalue weighted by atomic mass is 15.2. The van der Waals surface area contributed by atoms with E-state index in [0.717, 1.165) is 23.5 Å². The average Bonchev–Trinajstić information content (AvgIpc) is 3.16. The summed E-state index contributed by atoms with van der Waals surface area (Å²) in [7, 11) is 0. The minimum Gasteiger partial charge on any atom is -0.263 e. The molecule has 18 heavy (non-hydrogen) atoms. The van der Waals surface area contributed by atoms with E-state index >= 15 is 0 Å². The van der Waals surface area contributed by atoms with E-state index in [-0.39, 0.29) is 0 Å². The summed E-state index contributed by atoms with van der Waals surface area (Å²) in [5.74, 6) is 5.64. The quantitative estimate of drug-likeness (QED) is 0.862. The highest BCUT2D eigenvalue weighted by molar-refractivity contribution is 5.08. The van der Waals surface area contributed by atoms with Crippen molar-refractivity contribution < 1.29 is 0 Å². The van der Waals surface area contributed by atoms with Crippen molar-refractivity contribution in [1.29, 1.82) is 0 Å². The van der Waals surface area contributed by atoms with Gasteiger partial charge in [-0.1, -0.05) is 25.7 Å². The highest BCUT2D eigenvalue weighted by Crippen LogP contribution is 2.46. The number of hydrogen-bond donors (Lipinski definition) is 1. The van der Waals surface area contributed by atoms with E-state index in [1.54, 1.807) is 0 Å². The lowest BCUT2D eigenvalue weighted by molar-refractivity contribution is 0.153. The molecule has 98 valence electrons. The van der Waals surface area contributed by atoms with Crippen LogP contribution >= 0.6 is 0 Å². The molecule has 0 spiro atoms. The second-order valence-electron chi connectivity index (χ2n) is 6.67. The molecule has 0 aromatic carbocycles. The molecule has 3 atom stereocenters. The summed E-state index contributed by atoms with van der Waals surface area (Å²) in [6, 6.07) is 0. The van der Waals surface area contributed by atoms with Crippen molar-refractivity contribution in [1.82, 2.24) is 15.2 Å². The molecule has 1 aromatic rings. The minimum absolute atomic E-state index is 0.646. The monoisotopic (exact) mass is 245 g/mol. The number of fused-ring (bicyclic) bond motifs is 1. The zero-order chi connectivity index (χ0) is 11.9. The van der Waals surface area contributed by atoms with E-state index in [4.69, 9.17) is 4.98 Å². The zero-order valence-electron chi connectivity index (χ0n) is 11.1. The largest absolute Gasteiger partial charge is 0.263 e. The first-order valence-corrected chi connectivity index (χ1v) is 7.82. The van der Waals surface area contributed by atoms with Crippen molar-refractivity contribution >= 4 is 0 Å². The van der Waals surface area contributed by atoms with Gasteiger partial charge in [0.2, 0.25) is 0 Å². The van der Waals surface area contributed by atoms with Gasteiger partial charge in [0.15, 0.2) is 5.82 Å². The van der Waals surface area contributed by atoms with E-state index in [1.807, 2.05) is 0 Å². The van der Waals surface area contributed by atoms with Crippen LogP contribution < -0.4 is 0 Å². The third kappa shape index (κ3) is 1.98. The van der Waals surface area contributed by atoms with Crippen molar-refractivity contribution in [2.24, 2.45) is 11.8 Å². The van der Waals surface area contributed by atoms with Gasteiger partial charge in [0.1, 0.15) is 5.82 Å². The lowest BCUT2D eigenvalue weighted by Crippen LogP contribution is -2.27. The van der Waals surface area contributed by atoms with Gasteiger partial charge in [-0.05, 0) is 43.9 Å². The lowest BCUT2D eigenvalue weighted by atomic mass is 9.67. The van der Waals surface area contributed by atoms with E-state index in [0.29, 0.717) is 11.8 Å². The predicted molar refractivity (Wildman–Crippen MR) is 70.4 cm³/mol. The van der Waals surface area contributed by atoms with Crippen LogP contribution in [0.4, 0.5) is 0 Å². The third-order valence-corrected chi connectivity index (χ3v) is 5.39. The number of aromatic nitrogens is 3. The summed E-state index contributed by atoms with van der Waals surface area (Å²) in [5.41, 5.74) is 0. The van der Waals surface area contributed by atoms with E-state index in [9.17, 15) is 0 Å². The van der Waals surface area contributed by atoms with Crippen LogP contribution in [-0.4, -0.2) is 15.2 Å². The minimum atomic E-state index is 0.646. The Balaban J connectivity index is 1.47. The molecule has 3 fully saturated rings. The van der Waals surface area contributed by atoms with Crippen LogP contribution in [0.5, 0.6) is 0 Å². The van der Waals surface area contributed by atoms with Gasteiger partial charge < -0.3 is 0 Å². The van der Waals surface area contributed by atoms with Crippen LogP contribution in [-0.2, 0) is 0 Å². The summed E-state index contributed by atoms with van der Waals surface area (Å²) in [5, 5.41) is 7.68. The van der Waals surface area contributed by atoms with Crippen molar-refractivity contribution in [3.8, 4) is 0 Å². The Morgan fingerprint density at radius 1 is 0.833 bits per heavy atom. The van der Waals surface area contributed by atoms with Crippen molar-refractivity contribution in [2.45, 2.75) is 69.6 Å². The molecule has 4 rings (SSSR count). The molecule has 3 aliphatic carbocycles. The molecule has 3 saturated carbocycles. The number of H-pyrrole nitrogens is 1. The van der Waals surface area contributed by atoms with Gasteiger partial charge >= 0.3 is 0 Å². The Morgan fingerprint density at radius 2 is 1.61 bits per heavy atom. The summed E-state index contributed by atoms with van der Waals surface area (Å²) < 4.78 is 0. The molecular weight excluding hydrogens is 222 g/mol. The molecule has 0 amide bonds. The van der Waals surface area contributed by atoms with E-state index in [1.165, 1.54) is 57.8 Å². The first kappa shape index (κ1) is 11.0. The Morgan fingerprint density at radius 3 is 2.44 bits per heavy atom. The highest BCUT2D eigenvalue weighted by Gasteiger charge is 2.35. The fourth-order valence-corrected chi connectivity index (χ4v) is 4.12. The van der Waals surface area contributed by atoms with Crippen LogP contribution in [0.2, 0.25) is 0 Å². The number of hydrogen-bond acceptors (Lipinski definition) is 2. The normalized spacial score (nSPS) is 36.3. The summed E-state index contributed by atoms with van der Waals surface area (Å²) >= 11 is 0. The van der Waals surface area contributed by atoms with Crippen LogP contribution in [0.3, 0.4) is 0 Å². The molecule has 0 bridgehead atoms. The van der Waals surface area contributed by atoms with Crippen molar-refractivity contribution in [3.63, 3.8) is 0 Å². The topological polar surface area (TPSA) is 41.6 Å². The number of nitrogens with one attached hydrogen (secondary N) is 1. The van der Waals surface area contributed by atoms with Gasteiger partial charge in [0.05, 0.1) is 0 Å². The maximum absolute atomic E-state index is 4.77. The molecule has 0 aliphatic heterocycles. The molecule has 1 aromatic heterocycles. The molecular formula is C15H23N3. The van der Waals surface area contributed by atoms with Crippen molar-refractivity contribution in [2.75, 3.05) is 0 Å². The number of nitrogens with zero attached hydrogens (tertiary/aromatic N) is 2. The lowest BCUT2D eigenvalue weighted by Gasteiger charge is -2.38. The van der Waals surface area contributed by atoms with Gasteiger partial charge in [-0.25, -0.2) is 4.98 Å². The fourth-order valence-electron chi connectivity index (χ4n) is 4.12. The van der Waals surface area contributed by atoms with Crippen molar-refractivity contribution in [3.05, 3.63) is 11.6 Å². The zero-order valence-corrected chi connectivity index (χ0v) is 11.1. The molecule has 1 heterocycles. The molecule has 3 unspecified atom stereocenters. The first-order chi connectivity index (χ1) is 8.90. The number of aromatic amines is 1. The first-order valence-electron chi connectivity index (χ1n) is 7.82. The van der Waals surface area contributed by atoms with Crippen LogP contribution in [0.15, 0.2) is 0 Å². The molecule has 3 aliphatic rings. The summed E-state index contributed by atoms with van der Waals surface area (Å²) in [4.78, 5) is 4.77. The fraction of sp³-hybridized carbons (Fsp3) is 0.867.